The van der Waals surface area contributed by atoms with Crippen LogP contribution in [0.1, 0.15) is 15.9 Å². The topological polar surface area (TPSA) is 83.3 Å². The maximum atomic E-state index is 13.5. The molecule has 0 unspecified atom stereocenters. The number of carboxylic acids is 1. The van der Waals surface area contributed by atoms with Crippen LogP contribution in [-0.4, -0.2) is 10.9 Å². The van der Waals surface area contributed by atoms with E-state index >= 15 is 0 Å². The van der Waals surface area contributed by atoms with E-state index in [2.05, 4.69) is 0 Å². The highest BCUT2D eigenvalue weighted by molar-refractivity contribution is 5.89. The number of aromatic carboxylic acids is 1. The summed E-state index contributed by atoms with van der Waals surface area (Å²) in [7, 11) is 0. The van der Waals surface area contributed by atoms with Crippen LogP contribution in [0.25, 0.3) is 11.1 Å². The van der Waals surface area contributed by atoms with E-state index in [9.17, 15) is 24.4 Å². The average molecular weight is 274 g/mol. The minimum atomic E-state index is -1.52. The van der Waals surface area contributed by atoms with Crippen molar-refractivity contribution < 1.29 is 19.2 Å². The van der Waals surface area contributed by atoms with Gasteiger partial charge >= 0.3 is 0 Å². The zero-order chi connectivity index (χ0) is 14.9. The highest BCUT2D eigenvalue weighted by Gasteiger charge is 2.13. The van der Waals surface area contributed by atoms with Crippen molar-refractivity contribution in [3.63, 3.8) is 0 Å². The maximum Gasteiger partial charge on any atom is 0.270 e. The van der Waals surface area contributed by atoms with Gasteiger partial charge in [0.2, 0.25) is 0 Å². The molecule has 2 rings (SSSR count). The summed E-state index contributed by atoms with van der Waals surface area (Å²) in [5, 5.41) is 21.7. The van der Waals surface area contributed by atoms with Gasteiger partial charge in [-0.15, -0.1) is 0 Å². The molecule has 0 atom stereocenters. The summed E-state index contributed by atoms with van der Waals surface area (Å²) in [6, 6.07) is 7.62. The second-order valence-corrected chi connectivity index (χ2v) is 4.23. The third kappa shape index (κ3) is 2.49. The van der Waals surface area contributed by atoms with Gasteiger partial charge in [0.25, 0.3) is 5.69 Å². The summed E-state index contributed by atoms with van der Waals surface area (Å²) in [5.41, 5.74) is 0.243. The van der Waals surface area contributed by atoms with Crippen LogP contribution in [0.2, 0.25) is 0 Å². The molecule has 0 heterocycles. The molecular formula is C14H9FNO4-. The number of hydrogen-bond donors (Lipinski definition) is 0. The first-order valence-electron chi connectivity index (χ1n) is 5.66. The van der Waals surface area contributed by atoms with E-state index in [4.69, 9.17) is 0 Å². The van der Waals surface area contributed by atoms with Gasteiger partial charge in [0.05, 0.1) is 10.9 Å². The fourth-order valence-electron chi connectivity index (χ4n) is 1.91. The van der Waals surface area contributed by atoms with Gasteiger partial charge in [-0.2, -0.15) is 0 Å². The smallest absolute Gasteiger partial charge is 0.270 e. The number of halogens is 1. The number of nitro benzene ring substituents is 1. The van der Waals surface area contributed by atoms with E-state index < -0.39 is 16.7 Å². The molecule has 5 nitrogen and oxygen atoms in total. The lowest BCUT2D eigenvalue weighted by Crippen LogP contribution is -2.22. The van der Waals surface area contributed by atoms with Crippen LogP contribution in [0.15, 0.2) is 36.4 Å². The Morgan fingerprint density at radius 2 is 1.95 bits per heavy atom. The molecule has 2 aromatic rings. The van der Waals surface area contributed by atoms with E-state index in [0.29, 0.717) is 5.56 Å². The van der Waals surface area contributed by atoms with Gasteiger partial charge in [-0.05, 0) is 35.7 Å². The van der Waals surface area contributed by atoms with Crippen LogP contribution < -0.4 is 5.11 Å². The van der Waals surface area contributed by atoms with Gasteiger partial charge in [-0.3, -0.25) is 10.1 Å². The Hall–Kier alpha value is -2.76. The molecule has 0 aliphatic rings. The van der Waals surface area contributed by atoms with Gasteiger partial charge in [0.1, 0.15) is 5.82 Å². The Kier molecular flexibility index (Phi) is 3.47. The summed E-state index contributed by atoms with van der Waals surface area (Å²) in [6.45, 7) is 1.52. The monoisotopic (exact) mass is 274 g/mol. The largest absolute Gasteiger partial charge is 0.545 e. The molecule has 0 spiro atoms. The lowest BCUT2D eigenvalue weighted by atomic mass is 9.98. The average Bonchev–Trinajstić information content (AvgIpc) is 2.41. The molecule has 0 fully saturated rings. The van der Waals surface area contributed by atoms with Crippen molar-refractivity contribution in [1.82, 2.24) is 0 Å². The summed E-state index contributed by atoms with van der Waals surface area (Å²) in [6.07, 6.45) is 0. The van der Waals surface area contributed by atoms with E-state index in [1.54, 1.807) is 6.07 Å². The van der Waals surface area contributed by atoms with Crippen molar-refractivity contribution >= 4 is 11.7 Å². The van der Waals surface area contributed by atoms with E-state index in [0.717, 1.165) is 6.07 Å². The first kappa shape index (κ1) is 13.7. The van der Waals surface area contributed by atoms with Gasteiger partial charge in [-0.25, -0.2) is 4.39 Å². The van der Waals surface area contributed by atoms with Crippen molar-refractivity contribution in [3.05, 3.63) is 63.5 Å². The number of carbonyl (C=O) groups is 1. The van der Waals surface area contributed by atoms with E-state index in [1.165, 1.54) is 31.2 Å². The van der Waals surface area contributed by atoms with Gasteiger partial charge in [-0.1, -0.05) is 12.1 Å². The number of carboxylic acid groups (broad SMARTS) is 1. The Bertz CT molecular complexity index is 680. The summed E-state index contributed by atoms with van der Waals surface area (Å²) in [4.78, 5) is 21.0. The summed E-state index contributed by atoms with van der Waals surface area (Å²) in [5.74, 6) is -1.99. The molecular weight excluding hydrogens is 265 g/mol. The van der Waals surface area contributed by atoms with Crippen LogP contribution in [0, 0.1) is 22.9 Å². The third-order valence-corrected chi connectivity index (χ3v) is 2.94. The number of non-ortho nitro benzene ring substituents is 1. The Morgan fingerprint density at radius 3 is 2.55 bits per heavy atom. The predicted octanol–water partition coefficient (Wildman–Crippen LogP) is 2.07. The number of benzene rings is 2. The molecule has 0 saturated carbocycles. The Balaban J connectivity index is 2.70. The molecule has 0 amide bonds. The molecule has 0 bridgehead atoms. The van der Waals surface area contributed by atoms with Crippen LogP contribution >= 0.6 is 0 Å². The van der Waals surface area contributed by atoms with Crippen molar-refractivity contribution in [1.29, 1.82) is 0 Å². The summed E-state index contributed by atoms with van der Waals surface area (Å²) >= 11 is 0. The van der Waals surface area contributed by atoms with Crippen LogP contribution in [0.5, 0.6) is 0 Å². The number of hydrogen-bond acceptors (Lipinski definition) is 4. The van der Waals surface area contributed by atoms with Crippen molar-refractivity contribution in [2.75, 3.05) is 0 Å². The second-order valence-electron chi connectivity index (χ2n) is 4.23. The molecule has 2 aromatic carbocycles. The molecule has 0 radical (unpaired) electrons. The lowest BCUT2D eigenvalue weighted by molar-refractivity contribution is -0.384. The molecule has 6 heteroatoms. The second kappa shape index (κ2) is 5.08. The molecule has 0 aromatic heterocycles. The summed E-state index contributed by atoms with van der Waals surface area (Å²) < 4.78 is 13.5. The highest BCUT2D eigenvalue weighted by atomic mass is 19.1. The first-order chi connectivity index (χ1) is 9.40. The zero-order valence-corrected chi connectivity index (χ0v) is 10.4. The van der Waals surface area contributed by atoms with Crippen LogP contribution in [0.4, 0.5) is 10.1 Å². The first-order valence-corrected chi connectivity index (χ1v) is 5.66. The normalized spacial score (nSPS) is 10.3. The van der Waals surface area contributed by atoms with Crippen molar-refractivity contribution in [3.8, 4) is 11.1 Å². The van der Waals surface area contributed by atoms with Gasteiger partial charge < -0.3 is 9.90 Å². The highest BCUT2D eigenvalue weighted by Crippen LogP contribution is 2.29. The van der Waals surface area contributed by atoms with Gasteiger partial charge in [0, 0.05) is 17.7 Å². The molecule has 0 aliphatic carbocycles. The molecule has 20 heavy (non-hydrogen) atoms. The molecule has 0 aliphatic heterocycles. The minimum Gasteiger partial charge on any atom is -0.545 e. The number of carbonyl (C=O) groups excluding carboxylic acids is 1. The maximum absolute atomic E-state index is 13.5. The Labute approximate surface area is 113 Å². The molecule has 0 saturated heterocycles. The number of rotatable bonds is 3. The fourth-order valence-corrected chi connectivity index (χ4v) is 1.91. The predicted molar refractivity (Wildman–Crippen MR) is 67.6 cm³/mol. The number of nitro groups is 1. The van der Waals surface area contributed by atoms with Crippen LogP contribution in [0.3, 0.4) is 0 Å². The van der Waals surface area contributed by atoms with Crippen LogP contribution in [-0.2, 0) is 0 Å². The standard InChI is InChI=1S/C14H10FNO4/c1-8-12(3-2-4-13(8)15)9-5-10(14(17)18)7-11(6-9)16(19)20/h2-7H,1H3,(H,17,18)/p-1. The lowest BCUT2D eigenvalue weighted by Gasteiger charge is -2.10. The van der Waals surface area contributed by atoms with Gasteiger partial charge in [0.15, 0.2) is 0 Å². The SMILES string of the molecule is Cc1c(F)cccc1-c1cc(C(=O)[O-])cc([N+](=O)[O-])c1. The third-order valence-electron chi connectivity index (χ3n) is 2.94. The quantitative estimate of drug-likeness (QED) is 0.633. The van der Waals surface area contributed by atoms with Crippen molar-refractivity contribution in [2.24, 2.45) is 0 Å². The molecule has 0 N–H and O–H groups in total. The van der Waals surface area contributed by atoms with E-state index in [1.807, 2.05) is 0 Å². The minimum absolute atomic E-state index is 0.260. The Morgan fingerprint density at radius 1 is 1.25 bits per heavy atom. The van der Waals surface area contributed by atoms with E-state index in [-0.39, 0.29) is 22.4 Å². The fraction of sp³-hybridized carbons (Fsp3) is 0.0714. The number of nitrogens with zero attached hydrogens (tertiary/aromatic N) is 1. The molecule has 102 valence electrons. The van der Waals surface area contributed by atoms with Crippen molar-refractivity contribution in [2.45, 2.75) is 6.92 Å². The zero-order valence-electron chi connectivity index (χ0n) is 10.4.